The number of nitrogens with one attached hydrogen (secondary N) is 1. The lowest BCUT2D eigenvalue weighted by Gasteiger charge is -2.31. The average Bonchev–Trinajstić information content (AvgIpc) is 2.90. The highest BCUT2D eigenvalue weighted by Crippen LogP contribution is 2.27. The molecule has 4 rings (SSSR count). The molecule has 0 fully saturated rings. The van der Waals surface area contributed by atoms with Gasteiger partial charge in [-0.05, 0) is 47.5 Å². The van der Waals surface area contributed by atoms with Crippen LogP contribution < -0.4 is 10.1 Å². The van der Waals surface area contributed by atoms with Crippen LogP contribution in [-0.2, 0) is 11.3 Å². The lowest BCUT2D eigenvalue weighted by molar-refractivity contribution is -0.121. The Bertz CT molecular complexity index is 1280. The zero-order valence-electron chi connectivity index (χ0n) is 19.0. The quantitative estimate of drug-likeness (QED) is 0.405. The molecule has 176 valence electrons. The highest BCUT2D eigenvalue weighted by molar-refractivity contribution is 6.00. The minimum atomic E-state index is -1.01. The van der Waals surface area contributed by atoms with E-state index < -0.39 is 23.7 Å². The first kappa shape index (κ1) is 23.6. The van der Waals surface area contributed by atoms with Gasteiger partial charge < -0.3 is 15.0 Å². The van der Waals surface area contributed by atoms with E-state index >= 15 is 0 Å². The van der Waals surface area contributed by atoms with E-state index in [0.29, 0.717) is 17.0 Å². The van der Waals surface area contributed by atoms with Gasteiger partial charge in [-0.15, -0.1) is 0 Å². The Kier molecular flexibility index (Phi) is 7.42. The summed E-state index contributed by atoms with van der Waals surface area (Å²) in [4.78, 5) is 36.9. The molecule has 0 saturated carbocycles. The van der Waals surface area contributed by atoms with Crippen LogP contribution in [0.4, 0.5) is 10.1 Å². The lowest BCUT2D eigenvalue weighted by Crippen LogP contribution is -2.41. The van der Waals surface area contributed by atoms with Gasteiger partial charge in [-0.2, -0.15) is 0 Å². The fourth-order valence-corrected chi connectivity index (χ4v) is 3.66. The number of benzene rings is 3. The van der Waals surface area contributed by atoms with Crippen molar-refractivity contribution in [3.05, 3.63) is 120 Å². The Morgan fingerprint density at radius 3 is 2.46 bits per heavy atom. The number of rotatable bonds is 8. The van der Waals surface area contributed by atoms with Gasteiger partial charge in [0, 0.05) is 24.6 Å². The number of nitrogens with zero attached hydrogens (tertiary/aromatic N) is 3. The number of halogens is 1. The summed E-state index contributed by atoms with van der Waals surface area (Å²) in [5.74, 6) is -0.714. The summed E-state index contributed by atoms with van der Waals surface area (Å²) >= 11 is 0. The van der Waals surface area contributed by atoms with E-state index in [2.05, 4.69) is 15.3 Å². The number of amides is 2. The Morgan fingerprint density at radius 1 is 1.00 bits per heavy atom. The molecular formula is C27H23FN4O3. The van der Waals surface area contributed by atoms with E-state index in [1.165, 1.54) is 47.8 Å². The van der Waals surface area contributed by atoms with E-state index in [0.717, 1.165) is 5.56 Å². The molecule has 35 heavy (non-hydrogen) atoms. The Hall–Kier alpha value is -4.59. The smallest absolute Gasteiger partial charge is 0.275 e. The van der Waals surface area contributed by atoms with Crippen LogP contribution in [0.25, 0.3) is 0 Å². The predicted molar refractivity (Wildman–Crippen MR) is 129 cm³/mol. The van der Waals surface area contributed by atoms with Gasteiger partial charge in [-0.25, -0.2) is 9.37 Å². The molecule has 0 saturated heterocycles. The number of methoxy groups -OCH3 is 1. The molecule has 8 heteroatoms. The fraction of sp³-hybridized carbons (Fsp3) is 0.111. The van der Waals surface area contributed by atoms with Crippen molar-refractivity contribution >= 4 is 17.5 Å². The molecule has 7 nitrogen and oxygen atoms in total. The van der Waals surface area contributed by atoms with E-state index in [-0.39, 0.29) is 12.2 Å². The van der Waals surface area contributed by atoms with Crippen molar-refractivity contribution in [2.24, 2.45) is 0 Å². The lowest BCUT2D eigenvalue weighted by atomic mass is 10.0. The maximum absolute atomic E-state index is 13.7. The number of ether oxygens (including phenoxy) is 1. The highest BCUT2D eigenvalue weighted by atomic mass is 19.1. The van der Waals surface area contributed by atoms with Crippen molar-refractivity contribution in [3.8, 4) is 5.75 Å². The van der Waals surface area contributed by atoms with Gasteiger partial charge in [-0.1, -0.05) is 42.5 Å². The molecule has 1 N–H and O–H groups in total. The molecule has 0 radical (unpaired) electrons. The molecule has 2 amide bonds. The number of anilines is 1. The monoisotopic (exact) mass is 470 g/mol. The Balaban J connectivity index is 1.77. The minimum absolute atomic E-state index is 0.100. The van der Waals surface area contributed by atoms with Gasteiger partial charge in [0.1, 0.15) is 23.3 Å². The topological polar surface area (TPSA) is 84.4 Å². The van der Waals surface area contributed by atoms with Crippen molar-refractivity contribution in [1.82, 2.24) is 14.9 Å². The van der Waals surface area contributed by atoms with Gasteiger partial charge in [0.25, 0.3) is 11.8 Å². The second kappa shape index (κ2) is 11.0. The van der Waals surface area contributed by atoms with E-state index in [1.54, 1.807) is 43.5 Å². The molecule has 1 atom stereocenters. The van der Waals surface area contributed by atoms with Crippen LogP contribution in [0.1, 0.15) is 27.7 Å². The largest absolute Gasteiger partial charge is 0.497 e. The first-order valence-corrected chi connectivity index (χ1v) is 10.9. The molecular weight excluding hydrogens is 447 g/mol. The summed E-state index contributed by atoms with van der Waals surface area (Å²) in [6.07, 6.45) is 4.26. The first-order chi connectivity index (χ1) is 17.0. The second-order valence-electron chi connectivity index (χ2n) is 7.68. The van der Waals surface area contributed by atoms with E-state index in [9.17, 15) is 14.0 Å². The average molecular weight is 471 g/mol. The maximum atomic E-state index is 13.7. The first-order valence-electron chi connectivity index (χ1n) is 10.9. The minimum Gasteiger partial charge on any atom is -0.497 e. The van der Waals surface area contributed by atoms with Gasteiger partial charge in [0.15, 0.2) is 0 Å². The van der Waals surface area contributed by atoms with Crippen LogP contribution in [0.2, 0.25) is 0 Å². The predicted octanol–water partition coefficient (Wildman–Crippen LogP) is 4.65. The second-order valence-corrected chi connectivity index (χ2v) is 7.68. The van der Waals surface area contributed by atoms with Gasteiger partial charge >= 0.3 is 0 Å². The molecule has 0 bridgehead atoms. The van der Waals surface area contributed by atoms with Crippen LogP contribution in [0.3, 0.4) is 0 Å². The van der Waals surface area contributed by atoms with Crippen LogP contribution in [0.5, 0.6) is 5.75 Å². The highest BCUT2D eigenvalue weighted by Gasteiger charge is 2.33. The zero-order valence-corrected chi connectivity index (χ0v) is 19.0. The van der Waals surface area contributed by atoms with Crippen LogP contribution in [0.15, 0.2) is 97.5 Å². The number of hydrogen-bond donors (Lipinski definition) is 1. The van der Waals surface area contributed by atoms with Crippen molar-refractivity contribution in [2.75, 3.05) is 12.4 Å². The van der Waals surface area contributed by atoms with Crippen LogP contribution >= 0.6 is 0 Å². The molecule has 3 aromatic carbocycles. The normalized spacial score (nSPS) is 11.4. The Labute approximate surface area is 202 Å². The van der Waals surface area contributed by atoms with Crippen molar-refractivity contribution in [2.45, 2.75) is 12.6 Å². The third kappa shape index (κ3) is 5.86. The van der Waals surface area contributed by atoms with Crippen molar-refractivity contribution < 1.29 is 18.7 Å². The molecule has 0 spiro atoms. The summed E-state index contributed by atoms with van der Waals surface area (Å²) in [7, 11) is 1.56. The standard InChI is InChI=1S/C27H23FN4O3/c1-35-23-9-5-6-19(16-23)18-32(27(34)24-17-29-14-15-30-24)25(20-7-3-2-4-8-20)26(33)31-22-12-10-21(28)11-13-22/h2-17,25H,18H2,1H3,(H,31,33)/t25-/m1/s1. The summed E-state index contributed by atoms with van der Waals surface area (Å²) in [6, 6.07) is 20.7. The SMILES string of the molecule is COc1cccc(CN(C(=O)c2cnccn2)[C@@H](C(=O)Nc2ccc(F)cc2)c2ccccc2)c1. The Morgan fingerprint density at radius 2 is 1.77 bits per heavy atom. The fourth-order valence-electron chi connectivity index (χ4n) is 3.66. The van der Waals surface area contributed by atoms with Crippen LogP contribution in [0, 0.1) is 5.82 Å². The zero-order chi connectivity index (χ0) is 24.6. The van der Waals surface area contributed by atoms with Gasteiger partial charge in [0.2, 0.25) is 0 Å². The summed E-state index contributed by atoms with van der Waals surface area (Å²) in [5, 5.41) is 2.80. The molecule has 0 aliphatic heterocycles. The summed E-state index contributed by atoms with van der Waals surface area (Å²) in [6.45, 7) is 0.100. The van der Waals surface area contributed by atoms with Gasteiger partial charge in [-0.3, -0.25) is 14.6 Å². The molecule has 1 heterocycles. The summed E-state index contributed by atoms with van der Waals surface area (Å²) in [5.41, 5.74) is 1.88. The maximum Gasteiger partial charge on any atom is 0.275 e. The summed E-state index contributed by atoms with van der Waals surface area (Å²) < 4.78 is 18.7. The number of carbonyl (C=O) groups is 2. The van der Waals surface area contributed by atoms with Crippen LogP contribution in [-0.4, -0.2) is 33.8 Å². The molecule has 0 unspecified atom stereocenters. The molecule has 4 aromatic rings. The number of carbonyl (C=O) groups excluding carboxylic acids is 2. The molecule has 1 aromatic heterocycles. The van der Waals surface area contributed by atoms with E-state index in [1.807, 2.05) is 18.2 Å². The van der Waals surface area contributed by atoms with E-state index in [4.69, 9.17) is 4.74 Å². The third-order valence-corrected chi connectivity index (χ3v) is 5.32. The van der Waals surface area contributed by atoms with Crippen molar-refractivity contribution in [1.29, 1.82) is 0 Å². The number of aromatic nitrogens is 2. The number of hydrogen-bond acceptors (Lipinski definition) is 5. The van der Waals surface area contributed by atoms with Gasteiger partial charge in [0.05, 0.1) is 13.3 Å². The third-order valence-electron chi connectivity index (χ3n) is 5.32. The molecule has 0 aliphatic carbocycles. The van der Waals surface area contributed by atoms with Crippen molar-refractivity contribution in [3.63, 3.8) is 0 Å². The molecule has 0 aliphatic rings.